The standard InChI is InChI=1S/C13H20N2O2S/c1-17-8-7-15-10-11-2-4-12(5-3-11)18-9-6-13(14)16/h2-5,15H,6-10H2,1H3,(H2,14,16). The monoisotopic (exact) mass is 268 g/mol. The molecule has 1 rings (SSSR count). The van der Waals surface area contributed by atoms with Crippen molar-refractivity contribution >= 4 is 17.7 Å². The highest BCUT2D eigenvalue weighted by atomic mass is 32.2. The number of ether oxygens (including phenoxy) is 1. The molecule has 0 unspecified atom stereocenters. The SMILES string of the molecule is COCCNCc1ccc(SCCC(N)=O)cc1. The first-order valence-corrected chi connectivity index (χ1v) is 6.90. The molecule has 0 aliphatic rings. The summed E-state index contributed by atoms with van der Waals surface area (Å²) >= 11 is 1.65. The van der Waals surface area contributed by atoms with Crippen LogP contribution in [0.25, 0.3) is 0 Å². The molecule has 0 fully saturated rings. The van der Waals surface area contributed by atoms with Crippen LogP contribution in [0.4, 0.5) is 0 Å². The van der Waals surface area contributed by atoms with E-state index in [1.165, 1.54) is 5.56 Å². The lowest BCUT2D eigenvalue weighted by atomic mass is 10.2. The van der Waals surface area contributed by atoms with Crippen molar-refractivity contribution in [2.75, 3.05) is 26.0 Å². The van der Waals surface area contributed by atoms with Gasteiger partial charge in [-0.1, -0.05) is 12.1 Å². The number of nitrogens with one attached hydrogen (secondary N) is 1. The fourth-order valence-electron chi connectivity index (χ4n) is 1.38. The van der Waals surface area contributed by atoms with Crippen LogP contribution in [-0.2, 0) is 16.1 Å². The summed E-state index contributed by atoms with van der Waals surface area (Å²) in [5, 5.41) is 3.29. The summed E-state index contributed by atoms with van der Waals surface area (Å²) in [6.07, 6.45) is 0.422. The number of amides is 1. The Morgan fingerprint density at radius 3 is 2.72 bits per heavy atom. The largest absolute Gasteiger partial charge is 0.383 e. The number of thioether (sulfide) groups is 1. The highest BCUT2D eigenvalue weighted by Crippen LogP contribution is 2.18. The van der Waals surface area contributed by atoms with E-state index >= 15 is 0 Å². The molecule has 0 aliphatic heterocycles. The zero-order valence-electron chi connectivity index (χ0n) is 10.6. The summed E-state index contributed by atoms with van der Waals surface area (Å²) in [6.45, 7) is 2.42. The number of rotatable bonds is 9. The molecule has 0 saturated carbocycles. The molecule has 1 aromatic rings. The molecule has 100 valence electrons. The number of carbonyl (C=O) groups is 1. The molecule has 4 nitrogen and oxygen atoms in total. The lowest BCUT2D eigenvalue weighted by Gasteiger charge is -2.05. The van der Waals surface area contributed by atoms with Gasteiger partial charge in [0.05, 0.1) is 6.61 Å². The van der Waals surface area contributed by atoms with Crippen LogP contribution < -0.4 is 11.1 Å². The van der Waals surface area contributed by atoms with Gasteiger partial charge in [0.15, 0.2) is 0 Å². The first-order valence-electron chi connectivity index (χ1n) is 5.92. The summed E-state index contributed by atoms with van der Waals surface area (Å²) in [6, 6.07) is 8.32. The van der Waals surface area contributed by atoms with E-state index in [1.807, 2.05) is 0 Å². The van der Waals surface area contributed by atoms with E-state index in [0.717, 1.165) is 30.3 Å². The topological polar surface area (TPSA) is 64.3 Å². The van der Waals surface area contributed by atoms with Crippen molar-refractivity contribution in [1.82, 2.24) is 5.32 Å². The molecule has 0 spiro atoms. The smallest absolute Gasteiger partial charge is 0.218 e. The molecule has 1 aromatic carbocycles. The number of benzene rings is 1. The predicted octanol–water partition coefficient (Wildman–Crippen LogP) is 1.39. The minimum Gasteiger partial charge on any atom is -0.383 e. The van der Waals surface area contributed by atoms with Crippen LogP contribution in [0.1, 0.15) is 12.0 Å². The third-order valence-corrected chi connectivity index (χ3v) is 3.37. The Morgan fingerprint density at radius 2 is 2.11 bits per heavy atom. The van der Waals surface area contributed by atoms with Gasteiger partial charge < -0.3 is 15.8 Å². The Bertz CT molecular complexity index is 355. The van der Waals surface area contributed by atoms with Crippen molar-refractivity contribution < 1.29 is 9.53 Å². The molecule has 0 aliphatic carbocycles. The van der Waals surface area contributed by atoms with E-state index in [0.29, 0.717) is 6.42 Å². The molecule has 0 bridgehead atoms. The number of hydrogen-bond acceptors (Lipinski definition) is 4. The van der Waals surface area contributed by atoms with E-state index < -0.39 is 0 Å². The Labute approximate surface area is 112 Å². The predicted molar refractivity (Wildman–Crippen MR) is 74.6 cm³/mol. The van der Waals surface area contributed by atoms with Crippen molar-refractivity contribution in [3.63, 3.8) is 0 Å². The fourth-order valence-corrected chi connectivity index (χ4v) is 2.25. The minimum atomic E-state index is -0.249. The summed E-state index contributed by atoms with van der Waals surface area (Å²) in [4.78, 5) is 11.8. The van der Waals surface area contributed by atoms with Gasteiger partial charge >= 0.3 is 0 Å². The molecule has 0 aromatic heterocycles. The highest BCUT2D eigenvalue weighted by Gasteiger charge is 1.98. The molecule has 0 saturated heterocycles. The normalized spacial score (nSPS) is 10.5. The molecule has 1 amide bonds. The fraction of sp³-hybridized carbons (Fsp3) is 0.462. The van der Waals surface area contributed by atoms with Crippen LogP contribution in [0.5, 0.6) is 0 Å². The summed E-state index contributed by atoms with van der Waals surface area (Å²) in [7, 11) is 1.69. The number of nitrogens with two attached hydrogens (primary N) is 1. The summed E-state index contributed by atoms with van der Waals surface area (Å²) < 4.78 is 4.96. The van der Waals surface area contributed by atoms with Gasteiger partial charge in [-0.25, -0.2) is 0 Å². The van der Waals surface area contributed by atoms with E-state index in [4.69, 9.17) is 10.5 Å². The van der Waals surface area contributed by atoms with Gasteiger partial charge in [0, 0.05) is 37.3 Å². The second-order valence-electron chi connectivity index (χ2n) is 3.88. The van der Waals surface area contributed by atoms with Gasteiger partial charge in [0.1, 0.15) is 0 Å². The zero-order valence-corrected chi connectivity index (χ0v) is 11.5. The lowest BCUT2D eigenvalue weighted by Crippen LogP contribution is -2.18. The third kappa shape index (κ3) is 6.64. The maximum Gasteiger partial charge on any atom is 0.218 e. The number of hydrogen-bond donors (Lipinski definition) is 2. The van der Waals surface area contributed by atoms with E-state index in [2.05, 4.69) is 29.6 Å². The summed E-state index contributed by atoms with van der Waals surface area (Å²) in [5.74, 6) is 0.488. The third-order valence-electron chi connectivity index (χ3n) is 2.35. The average molecular weight is 268 g/mol. The number of methoxy groups -OCH3 is 1. The van der Waals surface area contributed by atoms with Gasteiger partial charge in [-0.15, -0.1) is 11.8 Å². The first-order chi connectivity index (χ1) is 8.72. The lowest BCUT2D eigenvalue weighted by molar-refractivity contribution is -0.117. The quantitative estimate of drug-likeness (QED) is 0.525. The molecule has 0 radical (unpaired) electrons. The van der Waals surface area contributed by atoms with Gasteiger partial charge in [0.2, 0.25) is 5.91 Å². The Balaban J connectivity index is 2.26. The molecular formula is C13H20N2O2S. The Kier molecular flexibility index (Phi) is 7.48. The van der Waals surface area contributed by atoms with Gasteiger partial charge in [-0.3, -0.25) is 4.79 Å². The Morgan fingerprint density at radius 1 is 1.39 bits per heavy atom. The van der Waals surface area contributed by atoms with Crippen LogP contribution >= 0.6 is 11.8 Å². The zero-order chi connectivity index (χ0) is 13.2. The minimum absolute atomic E-state index is 0.249. The second-order valence-corrected chi connectivity index (χ2v) is 5.05. The van der Waals surface area contributed by atoms with Gasteiger partial charge in [-0.2, -0.15) is 0 Å². The first kappa shape index (κ1) is 15.0. The number of carbonyl (C=O) groups excluding carboxylic acids is 1. The van der Waals surface area contributed by atoms with E-state index in [1.54, 1.807) is 18.9 Å². The van der Waals surface area contributed by atoms with Crippen LogP contribution in [0.3, 0.4) is 0 Å². The van der Waals surface area contributed by atoms with Crippen molar-refractivity contribution in [3.05, 3.63) is 29.8 Å². The molecule has 5 heteroatoms. The van der Waals surface area contributed by atoms with E-state index in [-0.39, 0.29) is 5.91 Å². The van der Waals surface area contributed by atoms with Crippen molar-refractivity contribution in [1.29, 1.82) is 0 Å². The molecule has 0 atom stereocenters. The van der Waals surface area contributed by atoms with Crippen LogP contribution in [0, 0.1) is 0 Å². The molecule has 3 N–H and O–H groups in total. The maximum absolute atomic E-state index is 10.6. The van der Waals surface area contributed by atoms with Crippen molar-refractivity contribution in [2.45, 2.75) is 17.9 Å². The van der Waals surface area contributed by atoms with E-state index in [9.17, 15) is 4.79 Å². The highest BCUT2D eigenvalue weighted by molar-refractivity contribution is 7.99. The van der Waals surface area contributed by atoms with Gasteiger partial charge in [-0.05, 0) is 17.7 Å². The van der Waals surface area contributed by atoms with Gasteiger partial charge in [0.25, 0.3) is 0 Å². The van der Waals surface area contributed by atoms with Crippen molar-refractivity contribution in [3.8, 4) is 0 Å². The average Bonchev–Trinajstić information content (AvgIpc) is 2.36. The van der Waals surface area contributed by atoms with Crippen LogP contribution in [-0.4, -0.2) is 31.9 Å². The molecular weight excluding hydrogens is 248 g/mol. The van der Waals surface area contributed by atoms with Crippen molar-refractivity contribution in [2.24, 2.45) is 5.73 Å². The molecule has 18 heavy (non-hydrogen) atoms. The Hall–Kier alpha value is -1.04. The van der Waals surface area contributed by atoms with Crippen LogP contribution in [0.2, 0.25) is 0 Å². The summed E-state index contributed by atoms with van der Waals surface area (Å²) in [5.41, 5.74) is 6.33. The van der Waals surface area contributed by atoms with Crippen LogP contribution in [0.15, 0.2) is 29.2 Å². The number of primary amides is 1. The molecule has 0 heterocycles. The second kappa shape index (κ2) is 8.97. The maximum atomic E-state index is 10.6.